The number of phenolic OH excluding ortho intramolecular Hbond substituents is 1. The molecule has 0 heterocycles. The zero-order valence-electron chi connectivity index (χ0n) is 12.8. The van der Waals surface area contributed by atoms with E-state index in [1.807, 2.05) is 6.07 Å². The summed E-state index contributed by atoms with van der Waals surface area (Å²) in [6, 6.07) is 3.79. The molecule has 0 saturated heterocycles. The second-order valence-corrected chi connectivity index (χ2v) is 6.31. The summed E-state index contributed by atoms with van der Waals surface area (Å²) in [6.45, 7) is 2.11. The van der Waals surface area contributed by atoms with Crippen molar-refractivity contribution in [3.8, 4) is 5.75 Å². The number of fused-ring (bicyclic) bond motifs is 1. The average Bonchev–Trinajstić information content (AvgIpc) is 3.24. The van der Waals surface area contributed by atoms with E-state index in [9.17, 15) is 14.7 Å². The lowest BCUT2D eigenvalue weighted by atomic mass is 9.96. The van der Waals surface area contributed by atoms with E-state index in [2.05, 4.69) is 10.6 Å². The van der Waals surface area contributed by atoms with Crippen LogP contribution in [0.2, 0.25) is 0 Å². The minimum atomic E-state index is -0.0344. The fourth-order valence-corrected chi connectivity index (χ4v) is 3.19. The first kappa shape index (κ1) is 14.9. The van der Waals surface area contributed by atoms with Crippen LogP contribution >= 0.6 is 0 Å². The van der Waals surface area contributed by atoms with Gasteiger partial charge in [0.25, 0.3) is 0 Å². The van der Waals surface area contributed by atoms with E-state index < -0.39 is 0 Å². The van der Waals surface area contributed by atoms with Crippen LogP contribution < -0.4 is 10.6 Å². The van der Waals surface area contributed by atoms with E-state index in [0.717, 1.165) is 43.2 Å². The van der Waals surface area contributed by atoms with E-state index in [4.69, 9.17) is 0 Å². The van der Waals surface area contributed by atoms with Crippen LogP contribution in [0.4, 0.5) is 5.69 Å². The Bertz CT molecular complexity index is 608. The van der Waals surface area contributed by atoms with Gasteiger partial charge in [-0.3, -0.25) is 9.59 Å². The summed E-state index contributed by atoms with van der Waals surface area (Å²) in [5.41, 5.74) is 2.61. The minimum Gasteiger partial charge on any atom is -0.505 e. The first-order chi connectivity index (χ1) is 10.6. The summed E-state index contributed by atoms with van der Waals surface area (Å²) in [4.78, 5) is 22.9. The van der Waals surface area contributed by atoms with Gasteiger partial charge >= 0.3 is 0 Å². The highest BCUT2D eigenvalue weighted by Crippen LogP contribution is 2.44. The van der Waals surface area contributed by atoms with Gasteiger partial charge in [-0.05, 0) is 49.7 Å². The third kappa shape index (κ3) is 3.08. The van der Waals surface area contributed by atoms with Crippen LogP contribution in [-0.2, 0) is 16.0 Å². The van der Waals surface area contributed by atoms with Gasteiger partial charge < -0.3 is 15.7 Å². The van der Waals surface area contributed by atoms with Crippen molar-refractivity contribution < 1.29 is 14.7 Å². The molecular weight excluding hydrogens is 280 g/mol. The molecule has 5 nitrogen and oxygen atoms in total. The number of benzene rings is 1. The molecule has 22 heavy (non-hydrogen) atoms. The Kier molecular flexibility index (Phi) is 4.05. The molecule has 2 amide bonds. The van der Waals surface area contributed by atoms with Gasteiger partial charge in [-0.1, -0.05) is 6.07 Å². The Morgan fingerprint density at radius 2 is 2.05 bits per heavy atom. The van der Waals surface area contributed by atoms with Crippen LogP contribution in [-0.4, -0.2) is 23.5 Å². The lowest BCUT2D eigenvalue weighted by molar-refractivity contribution is -0.119. The molecule has 0 bridgehead atoms. The number of aromatic hydroxyl groups is 1. The summed E-state index contributed by atoms with van der Waals surface area (Å²) in [5, 5.41) is 16.2. The maximum atomic E-state index is 11.9. The quantitative estimate of drug-likeness (QED) is 0.730. The van der Waals surface area contributed by atoms with Crippen molar-refractivity contribution in [2.75, 3.05) is 11.9 Å². The van der Waals surface area contributed by atoms with Gasteiger partial charge in [0.15, 0.2) is 0 Å². The molecule has 3 rings (SSSR count). The van der Waals surface area contributed by atoms with Gasteiger partial charge in [0.1, 0.15) is 5.75 Å². The van der Waals surface area contributed by atoms with Crippen molar-refractivity contribution in [2.24, 2.45) is 5.92 Å². The molecule has 1 saturated carbocycles. The van der Waals surface area contributed by atoms with Gasteiger partial charge in [0.2, 0.25) is 11.8 Å². The Morgan fingerprint density at radius 3 is 2.73 bits per heavy atom. The lowest BCUT2D eigenvalue weighted by Gasteiger charge is -2.16. The number of hydrogen-bond acceptors (Lipinski definition) is 3. The number of aryl methyl sites for hydroxylation is 1. The van der Waals surface area contributed by atoms with Crippen LogP contribution in [0.25, 0.3) is 0 Å². The first-order valence-electron chi connectivity index (χ1n) is 7.96. The molecule has 3 N–H and O–H groups in total. The topological polar surface area (TPSA) is 78.4 Å². The molecule has 118 valence electrons. The summed E-state index contributed by atoms with van der Waals surface area (Å²) in [5.74, 6) is 0.524. The molecule has 1 aromatic rings. The number of nitrogens with one attached hydrogen (secondary N) is 2. The first-order valence-corrected chi connectivity index (χ1v) is 7.96. The molecule has 1 atom stereocenters. The van der Waals surface area contributed by atoms with Crippen LogP contribution in [0.3, 0.4) is 0 Å². The molecule has 2 aliphatic rings. The van der Waals surface area contributed by atoms with Crippen LogP contribution in [0.5, 0.6) is 5.75 Å². The summed E-state index contributed by atoms with van der Waals surface area (Å²) >= 11 is 0. The van der Waals surface area contributed by atoms with Crippen LogP contribution in [0.15, 0.2) is 12.1 Å². The summed E-state index contributed by atoms with van der Waals surface area (Å²) in [7, 11) is 0. The van der Waals surface area contributed by atoms with E-state index in [0.29, 0.717) is 12.2 Å². The Morgan fingerprint density at radius 1 is 1.27 bits per heavy atom. The smallest absolute Gasteiger partial charge is 0.227 e. The summed E-state index contributed by atoms with van der Waals surface area (Å²) in [6.07, 6.45) is 4.60. The molecule has 1 fully saturated rings. The fraction of sp³-hybridized carbons (Fsp3) is 0.529. The van der Waals surface area contributed by atoms with Crippen molar-refractivity contribution in [1.29, 1.82) is 0 Å². The van der Waals surface area contributed by atoms with E-state index >= 15 is 0 Å². The van der Waals surface area contributed by atoms with Gasteiger partial charge in [-0.2, -0.15) is 0 Å². The maximum Gasteiger partial charge on any atom is 0.227 e. The van der Waals surface area contributed by atoms with Crippen molar-refractivity contribution in [1.82, 2.24) is 5.32 Å². The number of rotatable bonds is 5. The highest BCUT2D eigenvalue weighted by Gasteiger charge is 2.31. The molecule has 0 aliphatic heterocycles. The molecule has 0 spiro atoms. The zero-order chi connectivity index (χ0) is 15.7. The lowest BCUT2D eigenvalue weighted by Crippen LogP contribution is -2.22. The predicted octanol–water partition coefficient (Wildman–Crippen LogP) is 2.30. The van der Waals surface area contributed by atoms with E-state index in [1.54, 1.807) is 6.07 Å². The van der Waals surface area contributed by atoms with Crippen LogP contribution in [0, 0.1) is 5.92 Å². The van der Waals surface area contributed by atoms with Gasteiger partial charge in [0.05, 0.1) is 5.69 Å². The number of carbonyl (C=O) groups excluding carboxylic acids is 2. The third-order valence-corrected chi connectivity index (χ3v) is 4.55. The Balaban J connectivity index is 1.73. The van der Waals surface area contributed by atoms with Crippen molar-refractivity contribution >= 4 is 17.5 Å². The molecular formula is C17H22N2O3. The SMILES string of the molecule is CC(=O)NCCC1CCc2ccc(NC(=O)C3CC3)c(O)c21. The van der Waals surface area contributed by atoms with Crippen molar-refractivity contribution in [3.05, 3.63) is 23.3 Å². The number of anilines is 1. The number of carbonyl (C=O) groups is 2. The standard InChI is InChI=1S/C17H22N2O3/c1-10(20)18-9-8-12-3-2-11-6-7-14(16(21)15(11)12)19-17(22)13-4-5-13/h6-7,12-13,21H,2-5,8-9H2,1H3,(H,18,20)(H,19,22). The molecule has 5 heteroatoms. The Labute approximate surface area is 130 Å². The number of amides is 2. The highest BCUT2D eigenvalue weighted by molar-refractivity contribution is 5.95. The van der Waals surface area contributed by atoms with E-state index in [1.165, 1.54) is 6.92 Å². The molecule has 0 aromatic heterocycles. The minimum absolute atomic E-state index is 0.00282. The molecule has 2 aliphatic carbocycles. The van der Waals surface area contributed by atoms with Gasteiger partial charge in [-0.25, -0.2) is 0 Å². The fourth-order valence-electron chi connectivity index (χ4n) is 3.19. The second kappa shape index (κ2) is 5.99. The number of phenols is 1. The second-order valence-electron chi connectivity index (χ2n) is 6.31. The summed E-state index contributed by atoms with van der Waals surface area (Å²) < 4.78 is 0. The largest absolute Gasteiger partial charge is 0.505 e. The number of hydrogen-bond donors (Lipinski definition) is 3. The Hall–Kier alpha value is -2.04. The monoisotopic (exact) mass is 302 g/mol. The molecule has 1 aromatic carbocycles. The highest BCUT2D eigenvalue weighted by atomic mass is 16.3. The van der Waals surface area contributed by atoms with Gasteiger partial charge in [0, 0.05) is 24.9 Å². The normalized spacial score (nSPS) is 19.6. The van der Waals surface area contributed by atoms with Crippen LogP contribution in [0.1, 0.15) is 49.7 Å². The van der Waals surface area contributed by atoms with E-state index in [-0.39, 0.29) is 29.4 Å². The van der Waals surface area contributed by atoms with Crippen molar-refractivity contribution in [3.63, 3.8) is 0 Å². The van der Waals surface area contributed by atoms with Crippen molar-refractivity contribution in [2.45, 2.75) is 44.9 Å². The zero-order valence-corrected chi connectivity index (χ0v) is 12.8. The predicted molar refractivity (Wildman–Crippen MR) is 83.8 cm³/mol. The van der Waals surface area contributed by atoms with Gasteiger partial charge in [-0.15, -0.1) is 0 Å². The molecule has 1 unspecified atom stereocenters. The third-order valence-electron chi connectivity index (χ3n) is 4.55. The molecule has 0 radical (unpaired) electrons. The maximum absolute atomic E-state index is 11.9. The average molecular weight is 302 g/mol.